The third-order valence-electron chi connectivity index (χ3n) is 4.49. The first-order valence-corrected chi connectivity index (χ1v) is 8.40. The van der Waals surface area contributed by atoms with E-state index in [9.17, 15) is 4.79 Å². The first-order chi connectivity index (χ1) is 11.6. The molecule has 24 heavy (non-hydrogen) atoms. The summed E-state index contributed by atoms with van der Waals surface area (Å²) < 4.78 is 16.0. The van der Waals surface area contributed by atoms with Crippen molar-refractivity contribution < 1.29 is 19.0 Å². The van der Waals surface area contributed by atoms with E-state index < -0.39 is 0 Å². The number of carbonyl (C=O) groups excluding carboxylic acids is 1. The van der Waals surface area contributed by atoms with Gasteiger partial charge in [-0.15, -0.1) is 0 Å². The van der Waals surface area contributed by atoms with Crippen LogP contribution in [0.2, 0.25) is 0 Å². The number of methoxy groups -OCH3 is 3. The largest absolute Gasteiger partial charge is 0.493 e. The van der Waals surface area contributed by atoms with Gasteiger partial charge < -0.3 is 24.4 Å². The van der Waals surface area contributed by atoms with E-state index in [4.69, 9.17) is 14.2 Å². The van der Waals surface area contributed by atoms with Gasteiger partial charge in [-0.3, -0.25) is 0 Å². The monoisotopic (exact) mass is 336 g/mol. The van der Waals surface area contributed by atoms with Crippen molar-refractivity contribution in [3.63, 3.8) is 0 Å². The molecule has 1 saturated heterocycles. The van der Waals surface area contributed by atoms with E-state index in [1.165, 1.54) is 0 Å². The van der Waals surface area contributed by atoms with Crippen LogP contribution in [-0.4, -0.2) is 51.9 Å². The molecular weight excluding hydrogens is 308 g/mol. The highest BCUT2D eigenvalue weighted by Gasteiger charge is 2.20. The molecule has 1 aromatic rings. The zero-order chi connectivity index (χ0) is 17.5. The molecule has 0 aromatic heterocycles. The predicted octanol–water partition coefficient (Wildman–Crippen LogP) is 2.70. The smallest absolute Gasteiger partial charge is 0.317 e. The average Bonchev–Trinajstić information content (AvgIpc) is 2.61. The molecule has 1 N–H and O–H groups in total. The summed E-state index contributed by atoms with van der Waals surface area (Å²) in [7, 11) is 4.78. The van der Waals surface area contributed by atoms with Gasteiger partial charge in [-0.2, -0.15) is 0 Å². The van der Waals surface area contributed by atoms with E-state index in [1.54, 1.807) is 21.3 Å². The lowest BCUT2D eigenvalue weighted by Crippen LogP contribution is -2.44. The molecule has 0 saturated carbocycles. The lowest BCUT2D eigenvalue weighted by Gasteiger charge is -2.30. The zero-order valence-corrected chi connectivity index (χ0v) is 15.1. The van der Waals surface area contributed by atoms with Gasteiger partial charge in [-0.1, -0.05) is 6.92 Å². The summed E-state index contributed by atoms with van der Waals surface area (Å²) in [5.74, 6) is 2.55. The highest BCUT2D eigenvalue weighted by Crippen LogP contribution is 2.38. The van der Waals surface area contributed by atoms with Crippen molar-refractivity contribution in [3.05, 3.63) is 17.7 Å². The van der Waals surface area contributed by atoms with Crippen LogP contribution in [0.1, 0.15) is 25.3 Å². The topological polar surface area (TPSA) is 60.0 Å². The summed E-state index contributed by atoms with van der Waals surface area (Å²) in [5.41, 5.74) is 1.03. The van der Waals surface area contributed by atoms with Crippen LogP contribution in [0.5, 0.6) is 17.2 Å². The molecule has 0 aliphatic carbocycles. The minimum Gasteiger partial charge on any atom is -0.493 e. The summed E-state index contributed by atoms with van der Waals surface area (Å²) in [6, 6.07) is 3.85. The van der Waals surface area contributed by atoms with Crippen LogP contribution in [0.3, 0.4) is 0 Å². The van der Waals surface area contributed by atoms with E-state index in [2.05, 4.69) is 12.2 Å². The second-order valence-corrected chi connectivity index (χ2v) is 6.19. The first-order valence-electron chi connectivity index (χ1n) is 8.40. The zero-order valence-electron chi connectivity index (χ0n) is 15.1. The maximum atomic E-state index is 12.2. The number of hydrogen-bond donors (Lipinski definition) is 1. The van der Waals surface area contributed by atoms with E-state index in [1.807, 2.05) is 17.0 Å². The minimum absolute atomic E-state index is 0.0225. The fourth-order valence-electron chi connectivity index (χ4n) is 2.92. The summed E-state index contributed by atoms with van der Waals surface area (Å²) in [6.45, 7) is 4.50. The molecule has 1 aliphatic heterocycles. The second kappa shape index (κ2) is 8.66. The molecule has 1 heterocycles. The first kappa shape index (κ1) is 18.2. The molecule has 0 atom stereocenters. The summed E-state index contributed by atoms with van der Waals surface area (Å²) in [6.07, 6.45) is 2.87. The van der Waals surface area contributed by atoms with Crippen LogP contribution in [-0.2, 0) is 6.42 Å². The van der Waals surface area contributed by atoms with Gasteiger partial charge in [0, 0.05) is 19.6 Å². The quantitative estimate of drug-likeness (QED) is 0.868. The number of ether oxygens (including phenoxy) is 3. The molecule has 0 radical (unpaired) electrons. The Bertz CT molecular complexity index is 529. The van der Waals surface area contributed by atoms with Crippen molar-refractivity contribution >= 4 is 6.03 Å². The molecular formula is C18H28N2O4. The van der Waals surface area contributed by atoms with Crippen LogP contribution in [0.4, 0.5) is 4.79 Å². The fourth-order valence-corrected chi connectivity index (χ4v) is 2.92. The minimum atomic E-state index is 0.0225. The lowest BCUT2D eigenvalue weighted by atomic mass is 10.00. The molecule has 2 amide bonds. The number of nitrogens with zero attached hydrogens (tertiary/aromatic N) is 1. The van der Waals surface area contributed by atoms with Crippen LogP contribution in [0, 0.1) is 5.92 Å². The summed E-state index contributed by atoms with van der Waals surface area (Å²) in [4.78, 5) is 14.1. The Kier molecular flexibility index (Phi) is 6.58. The molecule has 6 nitrogen and oxygen atoms in total. The van der Waals surface area contributed by atoms with Crippen molar-refractivity contribution in [2.75, 3.05) is 41.0 Å². The molecule has 0 spiro atoms. The number of likely N-dealkylation sites (tertiary alicyclic amines) is 1. The molecule has 1 aromatic carbocycles. The highest BCUT2D eigenvalue weighted by molar-refractivity contribution is 5.74. The van der Waals surface area contributed by atoms with Crippen molar-refractivity contribution in [2.45, 2.75) is 26.2 Å². The summed E-state index contributed by atoms with van der Waals surface area (Å²) >= 11 is 0. The third kappa shape index (κ3) is 4.46. The van der Waals surface area contributed by atoms with Gasteiger partial charge in [-0.25, -0.2) is 4.79 Å². The molecule has 2 rings (SSSR count). The number of piperidine rings is 1. The Morgan fingerprint density at radius 1 is 1.12 bits per heavy atom. The van der Waals surface area contributed by atoms with Gasteiger partial charge in [0.1, 0.15) is 0 Å². The Balaban J connectivity index is 1.91. The number of carbonyl (C=O) groups is 1. The molecule has 134 valence electrons. The molecule has 6 heteroatoms. The predicted molar refractivity (Wildman–Crippen MR) is 93.2 cm³/mol. The third-order valence-corrected chi connectivity index (χ3v) is 4.49. The van der Waals surface area contributed by atoms with Gasteiger partial charge in [0.15, 0.2) is 11.5 Å². The van der Waals surface area contributed by atoms with Crippen LogP contribution >= 0.6 is 0 Å². The van der Waals surface area contributed by atoms with Gasteiger partial charge in [0.25, 0.3) is 0 Å². The SMILES string of the molecule is COc1cc(CCNC(=O)N2CCC(C)CC2)cc(OC)c1OC. The van der Waals surface area contributed by atoms with Gasteiger partial charge in [0.2, 0.25) is 5.75 Å². The maximum Gasteiger partial charge on any atom is 0.317 e. The molecule has 0 bridgehead atoms. The molecule has 1 fully saturated rings. The number of rotatable bonds is 6. The Morgan fingerprint density at radius 3 is 2.21 bits per heavy atom. The van der Waals surface area contributed by atoms with E-state index in [0.717, 1.165) is 31.5 Å². The lowest BCUT2D eigenvalue weighted by molar-refractivity contribution is 0.174. The van der Waals surface area contributed by atoms with Crippen LogP contribution in [0.25, 0.3) is 0 Å². The Hall–Kier alpha value is -2.11. The van der Waals surface area contributed by atoms with E-state index in [-0.39, 0.29) is 6.03 Å². The molecule has 1 aliphatic rings. The van der Waals surface area contributed by atoms with Crippen molar-refractivity contribution in [1.29, 1.82) is 0 Å². The van der Waals surface area contributed by atoms with Crippen molar-refractivity contribution in [2.24, 2.45) is 5.92 Å². The number of nitrogens with one attached hydrogen (secondary N) is 1. The van der Waals surface area contributed by atoms with E-state index >= 15 is 0 Å². The van der Waals surface area contributed by atoms with Gasteiger partial charge in [0.05, 0.1) is 21.3 Å². The van der Waals surface area contributed by atoms with Crippen LogP contribution < -0.4 is 19.5 Å². The Labute approximate surface area is 144 Å². The van der Waals surface area contributed by atoms with Crippen molar-refractivity contribution in [1.82, 2.24) is 10.2 Å². The normalized spacial score (nSPS) is 15.1. The fraction of sp³-hybridized carbons (Fsp3) is 0.611. The number of benzene rings is 1. The number of amides is 2. The number of urea groups is 1. The highest BCUT2D eigenvalue weighted by atomic mass is 16.5. The average molecular weight is 336 g/mol. The Morgan fingerprint density at radius 2 is 1.71 bits per heavy atom. The summed E-state index contributed by atoms with van der Waals surface area (Å²) in [5, 5.41) is 2.99. The van der Waals surface area contributed by atoms with Gasteiger partial charge in [-0.05, 0) is 42.9 Å². The van der Waals surface area contributed by atoms with E-state index in [0.29, 0.717) is 36.1 Å². The molecule has 0 unspecified atom stereocenters. The second-order valence-electron chi connectivity index (χ2n) is 6.19. The van der Waals surface area contributed by atoms with Crippen LogP contribution in [0.15, 0.2) is 12.1 Å². The van der Waals surface area contributed by atoms with Crippen molar-refractivity contribution in [3.8, 4) is 17.2 Å². The number of hydrogen-bond acceptors (Lipinski definition) is 4. The standard InChI is InChI=1S/C18H28N2O4/c1-13-6-9-20(10-7-13)18(21)19-8-5-14-11-15(22-2)17(24-4)16(12-14)23-3/h11-13H,5-10H2,1-4H3,(H,19,21). The van der Waals surface area contributed by atoms with Gasteiger partial charge >= 0.3 is 6.03 Å². The maximum absolute atomic E-state index is 12.2.